The maximum atomic E-state index is 10.7. The molecule has 2 aromatic rings. The zero-order chi connectivity index (χ0) is 20.2. The molecule has 1 atom stereocenters. The molecule has 0 heterocycles. The molecule has 0 aromatic heterocycles. The van der Waals surface area contributed by atoms with Crippen LogP contribution in [0.4, 0.5) is 0 Å². The number of carbonyl (C=O) groups excluding carboxylic acids is 1. The van der Waals surface area contributed by atoms with Gasteiger partial charge in [0.2, 0.25) is 0 Å². The minimum atomic E-state index is -0.483. The number of hydrogen-bond donors (Lipinski definition) is 3. The summed E-state index contributed by atoms with van der Waals surface area (Å²) in [6.07, 6.45) is 0.852. The number of guanidine groups is 1. The summed E-state index contributed by atoms with van der Waals surface area (Å²) in [4.78, 5) is 16.3. The number of thioether (sulfide) groups is 1. The summed E-state index contributed by atoms with van der Waals surface area (Å²) >= 11 is 1.84. The van der Waals surface area contributed by atoms with E-state index in [1.807, 2.05) is 42.1 Å². The van der Waals surface area contributed by atoms with Crippen molar-refractivity contribution in [3.8, 4) is 5.75 Å². The van der Waals surface area contributed by atoms with Crippen molar-refractivity contribution in [3.05, 3.63) is 60.2 Å². The van der Waals surface area contributed by atoms with Crippen molar-refractivity contribution in [2.45, 2.75) is 23.5 Å². The standard InChI is InChI=1S/C21H28N4O2S.HI/c1-16(28-19-6-4-3-5-7-19)14-25-21(23-2)24-13-12-17-8-10-18(11-9-17)27-15-20(22)26;/h3-11,16H,12-15H2,1-2H3,(H2,22,26)(H2,23,24,25);1H. The average molecular weight is 528 g/mol. The Morgan fingerprint density at radius 2 is 1.83 bits per heavy atom. The SMILES string of the molecule is CN=C(NCCc1ccc(OCC(N)=O)cc1)NCC(C)Sc1ccccc1.I. The third-order valence-electron chi connectivity index (χ3n) is 3.87. The van der Waals surface area contributed by atoms with Gasteiger partial charge in [-0.15, -0.1) is 35.7 Å². The first-order valence-corrected chi connectivity index (χ1v) is 10.1. The number of nitrogens with one attached hydrogen (secondary N) is 2. The number of hydrogen-bond acceptors (Lipinski definition) is 4. The van der Waals surface area contributed by atoms with Crippen LogP contribution in [0.15, 0.2) is 64.5 Å². The lowest BCUT2D eigenvalue weighted by atomic mass is 10.1. The van der Waals surface area contributed by atoms with Crippen molar-refractivity contribution in [1.29, 1.82) is 0 Å². The Bertz CT molecular complexity index is 757. The number of amides is 1. The van der Waals surface area contributed by atoms with Crippen molar-refractivity contribution < 1.29 is 9.53 Å². The highest BCUT2D eigenvalue weighted by Gasteiger charge is 2.06. The minimum Gasteiger partial charge on any atom is -0.484 e. The molecule has 0 saturated heterocycles. The molecule has 2 rings (SSSR count). The van der Waals surface area contributed by atoms with Gasteiger partial charge in [-0.2, -0.15) is 0 Å². The summed E-state index contributed by atoms with van der Waals surface area (Å²) in [6.45, 7) is 3.68. The molecule has 0 aliphatic heterocycles. The van der Waals surface area contributed by atoms with Crippen molar-refractivity contribution in [2.75, 3.05) is 26.7 Å². The number of primary amides is 1. The molecule has 0 spiro atoms. The second-order valence-corrected chi connectivity index (χ2v) is 7.78. The van der Waals surface area contributed by atoms with Crippen molar-refractivity contribution in [1.82, 2.24) is 10.6 Å². The number of nitrogens with zero attached hydrogens (tertiary/aromatic N) is 1. The molecule has 0 aliphatic rings. The maximum absolute atomic E-state index is 10.7. The fourth-order valence-corrected chi connectivity index (χ4v) is 3.41. The van der Waals surface area contributed by atoms with Gasteiger partial charge in [0.15, 0.2) is 12.6 Å². The van der Waals surface area contributed by atoms with Gasteiger partial charge in [-0.05, 0) is 36.2 Å². The topological polar surface area (TPSA) is 88.7 Å². The summed E-state index contributed by atoms with van der Waals surface area (Å²) in [6, 6.07) is 18.0. The molecule has 29 heavy (non-hydrogen) atoms. The highest BCUT2D eigenvalue weighted by Crippen LogP contribution is 2.21. The van der Waals surface area contributed by atoms with Crippen LogP contribution in [0.25, 0.3) is 0 Å². The molecule has 1 unspecified atom stereocenters. The van der Waals surface area contributed by atoms with Crippen LogP contribution in [0.1, 0.15) is 12.5 Å². The quantitative estimate of drug-likeness (QED) is 0.191. The normalized spacial score (nSPS) is 11.9. The Hall–Kier alpha value is -1.94. The van der Waals surface area contributed by atoms with Crippen molar-refractivity contribution >= 4 is 47.6 Å². The summed E-state index contributed by atoms with van der Waals surface area (Å²) in [5.41, 5.74) is 6.24. The van der Waals surface area contributed by atoms with Crippen molar-refractivity contribution in [2.24, 2.45) is 10.7 Å². The van der Waals surface area contributed by atoms with Crippen LogP contribution in [0.3, 0.4) is 0 Å². The van der Waals surface area contributed by atoms with E-state index in [1.54, 1.807) is 7.05 Å². The van der Waals surface area contributed by atoms with E-state index in [0.717, 1.165) is 25.5 Å². The number of ether oxygens (including phenoxy) is 1. The van der Waals surface area contributed by atoms with Gasteiger partial charge in [0, 0.05) is 30.3 Å². The molecular formula is C21H29IN4O2S. The second kappa shape index (κ2) is 14.1. The van der Waals surface area contributed by atoms with E-state index in [1.165, 1.54) is 10.5 Å². The number of halogens is 1. The molecule has 1 amide bonds. The van der Waals surface area contributed by atoms with Crippen LogP contribution < -0.4 is 21.1 Å². The number of rotatable bonds is 10. The Kier molecular flexibility index (Phi) is 12.2. The van der Waals surface area contributed by atoms with Gasteiger partial charge in [0.25, 0.3) is 5.91 Å². The maximum Gasteiger partial charge on any atom is 0.255 e. The molecule has 0 bridgehead atoms. The Morgan fingerprint density at radius 3 is 2.45 bits per heavy atom. The van der Waals surface area contributed by atoms with Gasteiger partial charge in [-0.3, -0.25) is 9.79 Å². The molecule has 6 nitrogen and oxygen atoms in total. The molecule has 0 fully saturated rings. The van der Waals surface area contributed by atoms with Gasteiger partial charge in [-0.25, -0.2) is 0 Å². The smallest absolute Gasteiger partial charge is 0.255 e. The van der Waals surface area contributed by atoms with Crippen LogP contribution in [0.2, 0.25) is 0 Å². The lowest BCUT2D eigenvalue weighted by Gasteiger charge is -2.16. The summed E-state index contributed by atoms with van der Waals surface area (Å²) in [7, 11) is 1.77. The largest absolute Gasteiger partial charge is 0.484 e. The minimum absolute atomic E-state index is 0. The van der Waals surface area contributed by atoms with E-state index in [2.05, 4.69) is 46.8 Å². The monoisotopic (exact) mass is 528 g/mol. The van der Waals surface area contributed by atoms with Gasteiger partial charge in [-0.1, -0.05) is 37.3 Å². The fraction of sp³-hybridized carbons (Fsp3) is 0.333. The number of carbonyl (C=O) groups is 1. The number of benzene rings is 2. The van der Waals surface area contributed by atoms with E-state index < -0.39 is 5.91 Å². The fourth-order valence-electron chi connectivity index (χ4n) is 2.47. The van der Waals surface area contributed by atoms with E-state index in [-0.39, 0.29) is 30.6 Å². The van der Waals surface area contributed by atoms with Crippen LogP contribution in [0.5, 0.6) is 5.75 Å². The Balaban J connectivity index is 0.00000420. The van der Waals surface area contributed by atoms with Crippen molar-refractivity contribution in [3.63, 3.8) is 0 Å². The first kappa shape index (κ1) is 25.1. The molecule has 0 aliphatic carbocycles. The summed E-state index contributed by atoms with van der Waals surface area (Å²) in [5, 5.41) is 7.12. The number of nitrogens with two attached hydrogens (primary N) is 1. The first-order chi connectivity index (χ1) is 13.6. The highest BCUT2D eigenvalue weighted by atomic mass is 127. The summed E-state index contributed by atoms with van der Waals surface area (Å²) < 4.78 is 5.26. The molecule has 0 saturated carbocycles. The highest BCUT2D eigenvalue weighted by molar-refractivity contribution is 14.0. The zero-order valence-corrected chi connectivity index (χ0v) is 19.9. The van der Waals surface area contributed by atoms with Crippen LogP contribution in [-0.2, 0) is 11.2 Å². The molecule has 2 aromatic carbocycles. The second-order valence-electron chi connectivity index (χ2n) is 6.27. The molecule has 4 N–H and O–H groups in total. The van der Waals surface area contributed by atoms with E-state index in [4.69, 9.17) is 10.5 Å². The van der Waals surface area contributed by atoms with Crippen LogP contribution in [-0.4, -0.2) is 43.9 Å². The zero-order valence-electron chi connectivity index (χ0n) is 16.8. The Labute approximate surface area is 194 Å². The van der Waals surface area contributed by atoms with Gasteiger partial charge < -0.3 is 21.1 Å². The van der Waals surface area contributed by atoms with Gasteiger partial charge in [0.05, 0.1) is 0 Å². The third-order valence-corrected chi connectivity index (χ3v) is 4.98. The molecule has 158 valence electrons. The number of aliphatic imine (C=N–C) groups is 1. The predicted molar refractivity (Wildman–Crippen MR) is 131 cm³/mol. The Morgan fingerprint density at radius 1 is 1.14 bits per heavy atom. The lowest BCUT2D eigenvalue weighted by Crippen LogP contribution is -2.40. The van der Waals surface area contributed by atoms with Crippen LogP contribution in [0, 0.1) is 0 Å². The first-order valence-electron chi connectivity index (χ1n) is 9.23. The van der Waals surface area contributed by atoms with Gasteiger partial charge >= 0.3 is 0 Å². The van der Waals surface area contributed by atoms with Gasteiger partial charge in [0.1, 0.15) is 5.75 Å². The summed E-state index contributed by atoms with van der Waals surface area (Å²) in [5.74, 6) is 0.948. The average Bonchev–Trinajstić information content (AvgIpc) is 2.70. The molecular weight excluding hydrogens is 499 g/mol. The lowest BCUT2D eigenvalue weighted by molar-refractivity contribution is -0.119. The third kappa shape index (κ3) is 10.4. The van der Waals surface area contributed by atoms with E-state index in [0.29, 0.717) is 11.0 Å². The molecule has 0 radical (unpaired) electrons. The van der Waals surface area contributed by atoms with E-state index in [9.17, 15) is 4.79 Å². The van der Waals surface area contributed by atoms with E-state index >= 15 is 0 Å². The predicted octanol–water partition coefficient (Wildman–Crippen LogP) is 3.06. The molecule has 8 heteroatoms. The van der Waals surface area contributed by atoms with Crippen LogP contribution >= 0.6 is 35.7 Å².